The maximum Gasteiger partial charge on any atom is 0.260 e. The Bertz CT molecular complexity index is 225. The minimum Gasteiger partial charge on any atom is -0.268 e. The van der Waals surface area contributed by atoms with Gasteiger partial charge in [0, 0.05) is 18.0 Å². The Morgan fingerprint density at radius 3 is 3.00 bits per heavy atom. The summed E-state index contributed by atoms with van der Waals surface area (Å²) in [7, 11) is 0. The van der Waals surface area contributed by atoms with E-state index in [0.29, 0.717) is 0 Å². The number of nitrogens with zero attached hydrogens (tertiary/aromatic N) is 1. The Morgan fingerprint density at radius 2 is 2.56 bits per heavy atom. The maximum absolute atomic E-state index is 10.8. The van der Waals surface area contributed by atoms with E-state index in [1.54, 1.807) is 10.0 Å². The average Bonchev–Trinajstić information content (AvgIpc) is 2.18. The molecule has 0 aromatic carbocycles. The van der Waals surface area contributed by atoms with Crippen LogP contribution in [0.5, 0.6) is 0 Å². The van der Waals surface area contributed by atoms with Crippen LogP contribution in [-0.4, -0.2) is 3.96 Å². The first-order chi connectivity index (χ1) is 4.34. The Kier molecular flexibility index (Phi) is 2.05. The lowest BCUT2D eigenvalue weighted by Gasteiger charge is -1.92. The predicted molar refractivity (Wildman–Crippen MR) is 38.9 cm³/mol. The summed E-state index contributed by atoms with van der Waals surface area (Å²) < 4.78 is 1.75. The van der Waals surface area contributed by atoms with Crippen molar-refractivity contribution in [1.82, 2.24) is 3.96 Å². The van der Waals surface area contributed by atoms with Crippen LogP contribution in [0.1, 0.15) is 13.3 Å². The summed E-state index contributed by atoms with van der Waals surface area (Å²) in [6.07, 6.45) is 1.03. The van der Waals surface area contributed by atoms with E-state index in [1.165, 1.54) is 11.5 Å². The zero-order chi connectivity index (χ0) is 6.69. The summed E-state index contributed by atoms with van der Waals surface area (Å²) in [5, 5.41) is 1.82. The van der Waals surface area contributed by atoms with E-state index >= 15 is 0 Å². The molecule has 1 heterocycles. The summed E-state index contributed by atoms with van der Waals surface area (Å²) in [5.74, 6) is 0. The Labute approximate surface area is 57.9 Å². The van der Waals surface area contributed by atoms with Crippen molar-refractivity contribution in [3.8, 4) is 0 Å². The van der Waals surface area contributed by atoms with Crippen molar-refractivity contribution in [1.29, 1.82) is 0 Å². The van der Waals surface area contributed by atoms with Gasteiger partial charge in [-0.25, -0.2) is 0 Å². The van der Waals surface area contributed by atoms with Gasteiger partial charge in [-0.05, 0) is 6.42 Å². The SMILES string of the molecule is CCCn1sccc1=O. The van der Waals surface area contributed by atoms with Crippen molar-refractivity contribution >= 4 is 11.5 Å². The number of hydrogen-bond acceptors (Lipinski definition) is 2. The third kappa shape index (κ3) is 1.42. The largest absolute Gasteiger partial charge is 0.268 e. The van der Waals surface area contributed by atoms with E-state index < -0.39 is 0 Å². The molecule has 50 valence electrons. The molecule has 0 aliphatic carbocycles. The molecule has 3 heteroatoms. The molecular formula is C6H9NOS. The Balaban J connectivity index is 2.81. The second kappa shape index (κ2) is 2.82. The molecule has 1 aromatic rings. The molecule has 0 N–H and O–H groups in total. The summed E-state index contributed by atoms with van der Waals surface area (Å²) >= 11 is 1.48. The Hall–Kier alpha value is -0.570. The lowest BCUT2D eigenvalue weighted by Crippen LogP contribution is -2.10. The zero-order valence-electron chi connectivity index (χ0n) is 5.33. The summed E-state index contributed by atoms with van der Waals surface area (Å²) in [4.78, 5) is 10.8. The molecule has 2 nitrogen and oxygen atoms in total. The fourth-order valence-corrected chi connectivity index (χ4v) is 1.44. The van der Waals surface area contributed by atoms with Crippen molar-refractivity contribution in [2.24, 2.45) is 0 Å². The quantitative estimate of drug-likeness (QED) is 0.612. The van der Waals surface area contributed by atoms with Gasteiger partial charge in [0.2, 0.25) is 0 Å². The highest BCUT2D eigenvalue weighted by Gasteiger charge is 1.91. The first-order valence-electron chi connectivity index (χ1n) is 2.99. The van der Waals surface area contributed by atoms with E-state index in [2.05, 4.69) is 6.92 Å². The molecule has 0 aliphatic heterocycles. The second-order valence-electron chi connectivity index (χ2n) is 1.85. The van der Waals surface area contributed by atoms with E-state index in [1.807, 2.05) is 5.38 Å². The van der Waals surface area contributed by atoms with Gasteiger partial charge in [-0.2, -0.15) is 0 Å². The first-order valence-corrected chi connectivity index (χ1v) is 3.83. The van der Waals surface area contributed by atoms with Gasteiger partial charge < -0.3 is 0 Å². The first kappa shape index (κ1) is 6.55. The van der Waals surface area contributed by atoms with Crippen molar-refractivity contribution in [3.05, 3.63) is 21.8 Å². The van der Waals surface area contributed by atoms with Crippen LogP contribution >= 0.6 is 11.5 Å². The van der Waals surface area contributed by atoms with E-state index in [4.69, 9.17) is 0 Å². The molecule has 0 spiro atoms. The smallest absolute Gasteiger partial charge is 0.260 e. The molecule has 0 radical (unpaired) electrons. The third-order valence-corrected chi connectivity index (χ3v) is 1.95. The molecule has 0 saturated carbocycles. The molecular weight excluding hydrogens is 134 g/mol. The molecule has 0 aliphatic rings. The lowest BCUT2D eigenvalue weighted by atomic mass is 10.5. The molecule has 0 saturated heterocycles. The molecule has 1 aromatic heterocycles. The normalized spacial score (nSPS) is 9.89. The van der Waals surface area contributed by atoms with Crippen LogP contribution in [0.4, 0.5) is 0 Å². The summed E-state index contributed by atoms with van der Waals surface area (Å²) in [6, 6.07) is 1.60. The zero-order valence-corrected chi connectivity index (χ0v) is 6.15. The van der Waals surface area contributed by atoms with E-state index in [9.17, 15) is 4.79 Å². The number of aromatic nitrogens is 1. The van der Waals surface area contributed by atoms with Crippen LogP contribution < -0.4 is 5.56 Å². The highest BCUT2D eigenvalue weighted by molar-refractivity contribution is 7.04. The number of hydrogen-bond donors (Lipinski definition) is 0. The van der Waals surface area contributed by atoms with E-state index in [0.717, 1.165) is 13.0 Å². The van der Waals surface area contributed by atoms with Gasteiger partial charge >= 0.3 is 0 Å². The number of rotatable bonds is 2. The predicted octanol–water partition coefficient (Wildman–Crippen LogP) is 1.32. The summed E-state index contributed by atoms with van der Waals surface area (Å²) in [5.41, 5.74) is 0.127. The van der Waals surface area contributed by atoms with Gasteiger partial charge in [0.15, 0.2) is 0 Å². The third-order valence-electron chi connectivity index (χ3n) is 1.07. The van der Waals surface area contributed by atoms with Crippen LogP contribution in [0, 0.1) is 0 Å². The monoisotopic (exact) mass is 143 g/mol. The van der Waals surface area contributed by atoms with Crippen molar-refractivity contribution in [2.75, 3.05) is 0 Å². The average molecular weight is 143 g/mol. The van der Waals surface area contributed by atoms with Crippen LogP contribution in [0.25, 0.3) is 0 Å². The molecule has 0 unspecified atom stereocenters. The van der Waals surface area contributed by atoms with Crippen LogP contribution in [0.15, 0.2) is 16.2 Å². The van der Waals surface area contributed by atoms with E-state index in [-0.39, 0.29) is 5.56 Å². The Morgan fingerprint density at radius 1 is 1.78 bits per heavy atom. The van der Waals surface area contributed by atoms with Gasteiger partial charge in [0.05, 0.1) is 0 Å². The van der Waals surface area contributed by atoms with Crippen molar-refractivity contribution in [3.63, 3.8) is 0 Å². The molecule has 0 fully saturated rings. The highest BCUT2D eigenvalue weighted by Crippen LogP contribution is 1.93. The van der Waals surface area contributed by atoms with Gasteiger partial charge in [-0.1, -0.05) is 18.5 Å². The van der Waals surface area contributed by atoms with Gasteiger partial charge in [0.1, 0.15) is 0 Å². The highest BCUT2D eigenvalue weighted by atomic mass is 32.1. The molecule has 0 bridgehead atoms. The van der Waals surface area contributed by atoms with Crippen molar-refractivity contribution < 1.29 is 0 Å². The molecule has 0 atom stereocenters. The maximum atomic E-state index is 10.8. The minimum absolute atomic E-state index is 0.127. The molecule has 9 heavy (non-hydrogen) atoms. The fourth-order valence-electron chi connectivity index (χ4n) is 0.663. The summed E-state index contributed by atoms with van der Waals surface area (Å²) in [6.45, 7) is 2.92. The second-order valence-corrected chi connectivity index (χ2v) is 2.77. The van der Waals surface area contributed by atoms with Crippen LogP contribution in [0.2, 0.25) is 0 Å². The standard InChI is InChI=1S/C6H9NOS/c1-2-4-7-6(8)3-5-9-7/h3,5H,2,4H2,1H3. The topological polar surface area (TPSA) is 22.0 Å². The van der Waals surface area contributed by atoms with Gasteiger partial charge in [0.25, 0.3) is 5.56 Å². The van der Waals surface area contributed by atoms with Crippen LogP contribution in [0.3, 0.4) is 0 Å². The lowest BCUT2D eigenvalue weighted by molar-refractivity contribution is 0.714. The fraction of sp³-hybridized carbons (Fsp3) is 0.500. The van der Waals surface area contributed by atoms with Crippen LogP contribution in [-0.2, 0) is 6.54 Å². The molecule has 1 rings (SSSR count). The molecule has 0 amide bonds. The van der Waals surface area contributed by atoms with Crippen molar-refractivity contribution in [2.45, 2.75) is 19.9 Å². The number of aryl methyl sites for hydroxylation is 1. The van der Waals surface area contributed by atoms with Gasteiger partial charge in [-0.15, -0.1) is 0 Å². The minimum atomic E-state index is 0.127. The van der Waals surface area contributed by atoms with Gasteiger partial charge in [-0.3, -0.25) is 8.75 Å².